The molecule has 0 radical (unpaired) electrons. The van der Waals surface area contributed by atoms with Gasteiger partial charge >= 0.3 is 23.9 Å². The molecule has 2 saturated heterocycles. The van der Waals surface area contributed by atoms with Crippen molar-refractivity contribution in [1.82, 2.24) is 9.80 Å². The van der Waals surface area contributed by atoms with E-state index in [2.05, 4.69) is 0 Å². The quantitative estimate of drug-likeness (QED) is 0.333. The summed E-state index contributed by atoms with van der Waals surface area (Å²) in [6.45, 7) is -4.13. The first-order valence-electron chi connectivity index (χ1n) is 14.3. The largest absolute Gasteiger partial charge is 0.435 e. The molecule has 2 aromatic carbocycles. The van der Waals surface area contributed by atoms with E-state index in [4.69, 9.17) is 4.11 Å². The van der Waals surface area contributed by atoms with Gasteiger partial charge in [0.05, 0.1) is 17.4 Å². The second-order valence-electron chi connectivity index (χ2n) is 10.8. The fourth-order valence-corrected chi connectivity index (χ4v) is 8.81. The maximum Gasteiger partial charge on any atom is 0.435 e. The minimum Gasteiger partial charge on any atom is -0.336 e. The Hall–Kier alpha value is -3.37. The van der Waals surface area contributed by atoms with Gasteiger partial charge in [-0.3, -0.25) is 9.59 Å². The van der Waals surface area contributed by atoms with Crippen LogP contribution in [0.5, 0.6) is 0 Å². The van der Waals surface area contributed by atoms with Gasteiger partial charge in [-0.1, -0.05) is 18.2 Å². The molecule has 0 unspecified atom stereocenters. The average molecular weight is 664 g/mol. The molecule has 0 spiro atoms. The molecule has 0 saturated carbocycles. The third-order valence-corrected chi connectivity index (χ3v) is 11.1. The highest BCUT2D eigenvalue weighted by Crippen LogP contribution is 2.57. The number of carbonyl (C=O) groups is 2. The van der Waals surface area contributed by atoms with Crippen LogP contribution < -0.4 is 0 Å². The van der Waals surface area contributed by atoms with E-state index in [0.29, 0.717) is 6.07 Å². The van der Waals surface area contributed by atoms with Crippen LogP contribution in [-0.4, -0.2) is 73.9 Å². The molecule has 2 heterocycles. The van der Waals surface area contributed by atoms with E-state index >= 15 is 0 Å². The van der Waals surface area contributed by atoms with Crippen molar-refractivity contribution in [3.05, 3.63) is 65.0 Å². The number of benzene rings is 2. The number of aryl methyl sites for hydroxylation is 1. The normalized spacial score (nSPS) is 27.0. The van der Waals surface area contributed by atoms with Gasteiger partial charge in [0.25, 0.3) is 5.91 Å². The van der Waals surface area contributed by atoms with Crippen molar-refractivity contribution in [2.24, 2.45) is 0 Å². The number of alkyl halides is 9. The summed E-state index contributed by atoms with van der Waals surface area (Å²) in [5.74, 6) is -8.72. The van der Waals surface area contributed by atoms with Gasteiger partial charge in [0, 0.05) is 23.2 Å². The molecule has 6 nitrogen and oxygen atoms in total. The van der Waals surface area contributed by atoms with E-state index in [-0.39, 0.29) is 17.0 Å². The van der Waals surface area contributed by atoms with Crippen molar-refractivity contribution in [2.75, 3.05) is 13.5 Å². The molecule has 5 rings (SSSR count). The van der Waals surface area contributed by atoms with Gasteiger partial charge < -0.3 is 9.80 Å². The summed E-state index contributed by atoms with van der Waals surface area (Å²) in [6.07, 6.45) is -16.3. The fraction of sp³-hybridized carbons (Fsp3) is 0.481. The Morgan fingerprint density at radius 1 is 1.00 bits per heavy atom. The number of sulfone groups is 1. The van der Waals surface area contributed by atoms with Crippen molar-refractivity contribution in [2.45, 2.75) is 71.4 Å². The van der Waals surface area contributed by atoms with Crippen LogP contribution in [0.1, 0.15) is 40.1 Å². The maximum absolute atomic E-state index is 15.0. The summed E-state index contributed by atoms with van der Waals surface area (Å²) in [4.78, 5) is 25.9. The van der Waals surface area contributed by atoms with E-state index < -0.39 is 129 Å². The summed E-state index contributed by atoms with van der Waals surface area (Å²) in [6, 6.07) is 0.135. The minimum absolute atomic E-state index is 0.112. The highest BCUT2D eigenvalue weighted by Gasteiger charge is 2.74. The lowest BCUT2D eigenvalue weighted by molar-refractivity contribution is -0.348. The summed E-state index contributed by atoms with van der Waals surface area (Å²) in [5, 5.41) is 0. The van der Waals surface area contributed by atoms with Crippen molar-refractivity contribution in [3.8, 4) is 0 Å². The molecule has 17 heteroatoms. The summed E-state index contributed by atoms with van der Waals surface area (Å²) < 4.78 is 188. The molecule has 2 aliphatic heterocycles. The lowest BCUT2D eigenvalue weighted by Gasteiger charge is -2.43. The Kier molecular flexibility index (Phi) is 6.27. The molecule has 0 N–H and O–H groups in total. The van der Waals surface area contributed by atoms with Crippen molar-refractivity contribution < 1.29 is 66.0 Å². The maximum atomic E-state index is 15.0. The second kappa shape index (κ2) is 9.81. The topological polar surface area (TPSA) is 74.8 Å². The Morgan fingerprint density at radius 2 is 1.61 bits per heavy atom. The molecule has 240 valence electrons. The monoisotopic (exact) mass is 663 g/mol. The van der Waals surface area contributed by atoms with Gasteiger partial charge in [0.15, 0.2) is 9.84 Å². The van der Waals surface area contributed by atoms with Crippen molar-refractivity contribution in [3.63, 3.8) is 0 Å². The molecule has 2 fully saturated rings. The van der Waals surface area contributed by atoms with Crippen molar-refractivity contribution >= 4 is 21.7 Å². The van der Waals surface area contributed by atoms with Gasteiger partial charge in [-0.2, -0.15) is 35.1 Å². The molecule has 0 bridgehead atoms. The smallest absolute Gasteiger partial charge is 0.336 e. The zero-order chi connectivity index (χ0) is 35.3. The Balaban J connectivity index is 1.69. The lowest BCUT2D eigenvalue weighted by Crippen LogP contribution is -2.55. The molecule has 0 aromatic heterocycles. The van der Waals surface area contributed by atoms with Crippen LogP contribution in [0.2, 0.25) is 0 Å². The Bertz CT molecular complexity index is 1720. The van der Waals surface area contributed by atoms with Crippen LogP contribution >= 0.6 is 0 Å². The number of hydrogen-bond acceptors (Lipinski definition) is 4. The van der Waals surface area contributed by atoms with Crippen LogP contribution in [0.25, 0.3) is 0 Å². The number of nitrogens with zero attached hydrogens (tertiary/aromatic N) is 2. The van der Waals surface area contributed by atoms with Crippen molar-refractivity contribution in [1.29, 1.82) is 0 Å². The fourth-order valence-electron chi connectivity index (χ4n) is 6.45. The van der Waals surface area contributed by atoms with Crippen LogP contribution in [0.15, 0.2) is 47.4 Å². The second-order valence-corrected chi connectivity index (χ2v) is 13.0. The Morgan fingerprint density at radius 3 is 2.18 bits per heavy atom. The zero-order valence-corrected chi connectivity index (χ0v) is 22.8. The molecule has 2 aromatic rings. The number of amides is 2. The highest BCUT2D eigenvalue weighted by atomic mass is 32.2. The van der Waals surface area contributed by atoms with E-state index in [1.54, 1.807) is 0 Å². The minimum atomic E-state index is -6.49. The van der Waals surface area contributed by atoms with E-state index in [1.807, 2.05) is 0 Å². The zero-order valence-electron chi connectivity index (χ0n) is 24.9. The van der Waals surface area contributed by atoms with Crippen LogP contribution in [0.3, 0.4) is 0 Å². The predicted molar refractivity (Wildman–Crippen MR) is 131 cm³/mol. The average Bonchev–Trinajstić information content (AvgIpc) is 3.46. The van der Waals surface area contributed by atoms with Gasteiger partial charge in [0.1, 0.15) is 16.6 Å². The van der Waals surface area contributed by atoms with Crippen LogP contribution in [0, 0.1) is 5.82 Å². The van der Waals surface area contributed by atoms with Gasteiger partial charge in [-0.05, 0) is 54.7 Å². The molecule has 3 atom stereocenters. The molecular formula is C27H22F10N2O4S. The summed E-state index contributed by atoms with van der Waals surface area (Å²) >= 11 is 0. The van der Waals surface area contributed by atoms with E-state index in [1.165, 1.54) is 0 Å². The third kappa shape index (κ3) is 4.31. The standard InChI is InChI=1S/C27H22F10N2O4S/c1-38-19(13-24(29,30)22(38)41)21(40)39-11-10-23(44(42,43)17-6-4-16(28)5-7-17)18-8-3-15(12-14(18)2-9-20(23)39)25(31,26(32,33)34)27(35,36)37/h3-8,12,19-20H,2,9-11,13H2,1H3/t19-,20+,23+/m0/s1/i1D3. The Labute approximate surface area is 247 Å². The number of likely N-dealkylation sites (N-methyl/N-ethyl adjacent to an activating group) is 1. The number of rotatable bonds is 4. The molecular weight excluding hydrogens is 638 g/mol. The van der Waals surface area contributed by atoms with Gasteiger partial charge in [-0.15, -0.1) is 0 Å². The number of carbonyl (C=O) groups excluding carboxylic acids is 2. The molecule has 1 aliphatic carbocycles. The molecule has 2 amide bonds. The highest BCUT2D eigenvalue weighted by molar-refractivity contribution is 7.92. The third-order valence-electron chi connectivity index (χ3n) is 8.53. The number of likely N-dealkylation sites (tertiary alicyclic amines) is 2. The molecule has 44 heavy (non-hydrogen) atoms. The SMILES string of the molecule is [2H]C([2H])([2H])N1C(=O)C(F)(F)C[C@H]1C(=O)N1CC[C@@]2(S(=O)(=O)c3ccc(F)cc3)c3ccc(C(F)(C(F)(F)F)C(F)(F)F)cc3CC[C@@H]12. The number of hydrogen-bond donors (Lipinski definition) is 0. The first-order valence-corrected chi connectivity index (χ1v) is 14.3. The van der Waals surface area contributed by atoms with Crippen LogP contribution in [0.4, 0.5) is 43.9 Å². The van der Waals surface area contributed by atoms with Gasteiger partial charge in [-0.25, -0.2) is 17.2 Å². The van der Waals surface area contributed by atoms with Gasteiger partial charge in [0.2, 0.25) is 5.91 Å². The molecule has 3 aliphatic rings. The lowest BCUT2D eigenvalue weighted by atomic mass is 9.76. The summed E-state index contributed by atoms with van der Waals surface area (Å²) in [7, 11) is -4.90. The summed E-state index contributed by atoms with van der Waals surface area (Å²) in [5.41, 5.74) is -8.63. The van der Waals surface area contributed by atoms with E-state index in [0.717, 1.165) is 29.2 Å². The van der Waals surface area contributed by atoms with Crippen LogP contribution in [-0.2, 0) is 36.3 Å². The predicted octanol–water partition coefficient (Wildman–Crippen LogP) is 5.20. The number of fused-ring (bicyclic) bond motifs is 3. The first kappa shape index (κ1) is 28.1. The van der Waals surface area contributed by atoms with E-state index in [9.17, 15) is 61.9 Å². The number of halogens is 10. The first-order chi connectivity index (χ1) is 21.3.